The summed E-state index contributed by atoms with van der Waals surface area (Å²) in [5, 5.41) is 0. The first-order valence-electron chi connectivity index (χ1n) is 8.82. The summed E-state index contributed by atoms with van der Waals surface area (Å²) in [5.74, 6) is 0.663. The second-order valence-electron chi connectivity index (χ2n) is 7.38. The van der Waals surface area contributed by atoms with Crippen molar-refractivity contribution in [3.8, 4) is 0 Å². The first kappa shape index (κ1) is 15.6. The van der Waals surface area contributed by atoms with E-state index < -0.39 is 0 Å². The van der Waals surface area contributed by atoms with Crippen LogP contribution >= 0.6 is 0 Å². The van der Waals surface area contributed by atoms with Gasteiger partial charge in [0.1, 0.15) is 0 Å². The fourth-order valence-electron chi connectivity index (χ4n) is 4.28. The van der Waals surface area contributed by atoms with Gasteiger partial charge in [-0.1, -0.05) is 29.8 Å². The lowest BCUT2D eigenvalue weighted by molar-refractivity contribution is -0.136. The van der Waals surface area contributed by atoms with Crippen molar-refractivity contribution in [3.05, 3.63) is 35.4 Å². The van der Waals surface area contributed by atoms with Gasteiger partial charge in [0.25, 0.3) is 0 Å². The molecule has 0 spiro atoms. The van der Waals surface area contributed by atoms with E-state index in [1.165, 1.54) is 11.1 Å². The molecule has 1 aromatic carbocycles. The zero-order valence-corrected chi connectivity index (χ0v) is 14.1. The predicted octanol–water partition coefficient (Wildman–Crippen LogP) is 1.45. The van der Waals surface area contributed by atoms with E-state index in [4.69, 9.17) is 4.74 Å². The maximum absolute atomic E-state index is 12.7. The van der Waals surface area contributed by atoms with Gasteiger partial charge < -0.3 is 14.5 Å². The molecule has 3 aliphatic rings. The van der Waals surface area contributed by atoms with Crippen LogP contribution in [0.25, 0.3) is 0 Å². The molecule has 24 heavy (non-hydrogen) atoms. The highest BCUT2D eigenvalue weighted by molar-refractivity contribution is 5.85. The van der Waals surface area contributed by atoms with Crippen molar-refractivity contribution in [2.45, 2.75) is 19.9 Å². The molecule has 1 aromatic rings. The molecule has 0 N–H and O–H groups in total. The van der Waals surface area contributed by atoms with Crippen LogP contribution in [0.4, 0.5) is 0 Å². The lowest BCUT2D eigenvalue weighted by atomic mass is 10.0. The third kappa shape index (κ3) is 2.81. The number of hydrogen-bond donors (Lipinski definition) is 0. The standard InChI is InChI=1S/C19H24N2O3/c1-13-3-2-4-14(7-13)8-20-9-16-10-21(11-17(16)19(20)23)18(22)15-5-6-24-12-15/h2-4,7,15-17H,5-6,8-12H2,1H3/t15-,16+,17-/m0/s1. The Labute approximate surface area is 142 Å². The molecule has 0 unspecified atom stereocenters. The monoisotopic (exact) mass is 328 g/mol. The van der Waals surface area contributed by atoms with Crippen molar-refractivity contribution in [3.63, 3.8) is 0 Å². The Kier molecular flexibility index (Phi) is 4.04. The van der Waals surface area contributed by atoms with Crippen LogP contribution in [0.1, 0.15) is 17.5 Å². The van der Waals surface area contributed by atoms with E-state index in [0.717, 1.165) is 19.5 Å². The number of amides is 2. The van der Waals surface area contributed by atoms with Gasteiger partial charge in [-0.25, -0.2) is 0 Å². The van der Waals surface area contributed by atoms with E-state index in [0.29, 0.717) is 26.3 Å². The quantitative estimate of drug-likeness (QED) is 0.844. The number of rotatable bonds is 3. The Bertz CT molecular complexity index is 654. The van der Waals surface area contributed by atoms with Crippen LogP contribution in [0.3, 0.4) is 0 Å². The largest absolute Gasteiger partial charge is 0.381 e. The number of benzene rings is 1. The maximum atomic E-state index is 12.7. The van der Waals surface area contributed by atoms with Crippen molar-refractivity contribution in [2.75, 3.05) is 32.8 Å². The minimum absolute atomic E-state index is 0.00215. The fourth-order valence-corrected chi connectivity index (χ4v) is 4.28. The Balaban J connectivity index is 1.38. The van der Waals surface area contributed by atoms with Crippen LogP contribution in [0.15, 0.2) is 24.3 Å². The van der Waals surface area contributed by atoms with E-state index in [1.807, 2.05) is 15.9 Å². The Morgan fingerprint density at radius 3 is 2.88 bits per heavy atom. The van der Waals surface area contributed by atoms with Crippen LogP contribution < -0.4 is 0 Å². The molecule has 3 atom stereocenters. The molecule has 5 heteroatoms. The molecule has 2 amide bonds. The van der Waals surface area contributed by atoms with Gasteiger partial charge in [0, 0.05) is 38.7 Å². The second kappa shape index (κ2) is 6.20. The highest BCUT2D eigenvalue weighted by Crippen LogP contribution is 2.34. The van der Waals surface area contributed by atoms with Crippen molar-refractivity contribution in [1.82, 2.24) is 9.80 Å². The number of carbonyl (C=O) groups excluding carboxylic acids is 2. The van der Waals surface area contributed by atoms with Crippen LogP contribution in [0, 0.1) is 24.7 Å². The highest BCUT2D eigenvalue weighted by atomic mass is 16.5. The summed E-state index contributed by atoms with van der Waals surface area (Å²) >= 11 is 0. The Hall–Kier alpha value is -1.88. The van der Waals surface area contributed by atoms with Crippen LogP contribution in [0.5, 0.6) is 0 Å². The third-order valence-electron chi connectivity index (χ3n) is 5.57. The summed E-state index contributed by atoms with van der Waals surface area (Å²) in [6.07, 6.45) is 0.818. The van der Waals surface area contributed by atoms with E-state index in [1.54, 1.807) is 0 Å². The fraction of sp³-hybridized carbons (Fsp3) is 0.579. The van der Waals surface area contributed by atoms with Crippen LogP contribution in [0.2, 0.25) is 0 Å². The molecule has 4 rings (SSSR count). The number of aryl methyl sites for hydroxylation is 1. The lowest BCUT2D eigenvalue weighted by Crippen LogP contribution is -2.38. The number of likely N-dealkylation sites (tertiary alicyclic amines) is 2. The van der Waals surface area contributed by atoms with Gasteiger partial charge in [0.05, 0.1) is 18.4 Å². The molecule has 0 saturated carbocycles. The average molecular weight is 328 g/mol. The van der Waals surface area contributed by atoms with Crippen molar-refractivity contribution in [1.29, 1.82) is 0 Å². The number of carbonyl (C=O) groups is 2. The minimum Gasteiger partial charge on any atom is -0.381 e. The van der Waals surface area contributed by atoms with Gasteiger partial charge in [0.15, 0.2) is 0 Å². The SMILES string of the molecule is Cc1cccc(CN2C[C@@H]3CN(C(=O)[C@H]4CCOC4)C[C@@H]3C2=O)c1. The normalized spacial score (nSPS) is 29.4. The summed E-state index contributed by atoms with van der Waals surface area (Å²) in [7, 11) is 0. The first-order chi connectivity index (χ1) is 11.6. The van der Waals surface area contributed by atoms with E-state index in [2.05, 4.69) is 25.1 Å². The zero-order chi connectivity index (χ0) is 16.7. The van der Waals surface area contributed by atoms with Crippen molar-refractivity contribution in [2.24, 2.45) is 17.8 Å². The number of fused-ring (bicyclic) bond motifs is 1. The second-order valence-corrected chi connectivity index (χ2v) is 7.38. The third-order valence-corrected chi connectivity index (χ3v) is 5.57. The summed E-state index contributed by atoms with van der Waals surface area (Å²) in [5.41, 5.74) is 2.40. The number of nitrogens with zero attached hydrogens (tertiary/aromatic N) is 2. The van der Waals surface area contributed by atoms with E-state index >= 15 is 0 Å². The molecule has 0 aliphatic carbocycles. The number of hydrogen-bond acceptors (Lipinski definition) is 3. The molecular formula is C19H24N2O3. The van der Waals surface area contributed by atoms with Gasteiger partial charge in [0.2, 0.25) is 11.8 Å². The summed E-state index contributed by atoms with van der Waals surface area (Å²) < 4.78 is 5.32. The molecule has 0 radical (unpaired) electrons. The topological polar surface area (TPSA) is 49.9 Å². The Morgan fingerprint density at radius 1 is 1.29 bits per heavy atom. The van der Waals surface area contributed by atoms with Crippen molar-refractivity contribution >= 4 is 11.8 Å². The van der Waals surface area contributed by atoms with Crippen molar-refractivity contribution < 1.29 is 14.3 Å². The molecule has 3 saturated heterocycles. The van der Waals surface area contributed by atoms with E-state index in [9.17, 15) is 9.59 Å². The Morgan fingerprint density at radius 2 is 2.17 bits per heavy atom. The van der Waals surface area contributed by atoms with E-state index in [-0.39, 0.29) is 29.6 Å². The minimum atomic E-state index is -0.0129. The molecule has 3 fully saturated rings. The summed E-state index contributed by atoms with van der Waals surface area (Å²) in [6.45, 7) is 6.04. The maximum Gasteiger partial charge on any atom is 0.228 e. The molecule has 0 bridgehead atoms. The van der Waals surface area contributed by atoms with Gasteiger partial charge in [-0.2, -0.15) is 0 Å². The lowest BCUT2D eigenvalue weighted by Gasteiger charge is -2.23. The highest BCUT2D eigenvalue weighted by Gasteiger charge is 2.48. The molecule has 0 aromatic heterocycles. The predicted molar refractivity (Wildman–Crippen MR) is 89.1 cm³/mol. The van der Waals surface area contributed by atoms with Crippen LogP contribution in [-0.4, -0.2) is 54.5 Å². The molecular weight excluding hydrogens is 304 g/mol. The van der Waals surface area contributed by atoms with Gasteiger partial charge in [-0.15, -0.1) is 0 Å². The summed E-state index contributed by atoms with van der Waals surface area (Å²) in [4.78, 5) is 29.1. The molecule has 3 heterocycles. The van der Waals surface area contributed by atoms with Crippen LogP contribution in [-0.2, 0) is 20.9 Å². The first-order valence-corrected chi connectivity index (χ1v) is 8.82. The summed E-state index contributed by atoms with van der Waals surface area (Å²) in [6, 6.07) is 8.32. The number of ether oxygens (including phenoxy) is 1. The zero-order valence-electron chi connectivity index (χ0n) is 14.1. The molecule has 3 aliphatic heterocycles. The average Bonchev–Trinajstić information content (AvgIpc) is 3.27. The van der Waals surface area contributed by atoms with Gasteiger partial charge >= 0.3 is 0 Å². The smallest absolute Gasteiger partial charge is 0.228 e. The molecule has 5 nitrogen and oxygen atoms in total. The van der Waals surface area contributed by atoms with Gasteiger partial charge in [-0.3, -0.25) is 9.59 Å². The van der Waals surface area contributed by atoms with Gasteiger partial charge in [-0.05, 0) is 18.9 Å². The molecule has 128 valence electrons.